The summed E-state index contributed by atoms with van der Waals surface area (Å²) in [5, 5.41) is 3.59. The SMILES string of the molecule is O=S(=O)(c1cnc[nH]1)N1CCCCCC1C1CCNCC1. The van der Waals surface area contributed by atoms with E-state index in [2.05, 4.69) is 15.3 Å². The van der Waals surface area contributed by atoms with Gasteiger partial charge in [-0.2, -0.15) is 4.31 Å². The second-order valence-electron chi connectivity index (χ2n) is 6.04. The van der Waals surface area contributed by atoms with Crippen molar-refractivity contribution in [1.29, 1.82) is 0 Å². The lowest BCUT2D eigenvalue weighted by molar-refractivity contribution is 0.197. The quantitative estimate of drug-likeness (QED) is 0.883. The van der Waals surface area contributed by atoms with Crippen LogP contribution in [0.5, 0.6) is 0 Å². The van der Waals surface area contributed by atoms with Crippen LogP contribution in [0.3, 0.4) is 0 Å². The predicted molar refractivity (Wildman–Crippen MR) is 80.3 cm³/mol. The van der Waals surface area contributed by atoms with Crippen LogP contribution in [0.2, 0.25) is 0 Å². The molecule has 0 amide bonds. The Bertz CT molecular complexity index is 537. The normalized spacial score (nSPS) is 26.6. The van der Waals surface area contributed by atoms with Crippen LogP contribution in [0.15, 0.2) is 17.6 Å². The molecule has 21 heavy (non-hydrogen) atoms. The molecule has 1 aromatic heterocycles. The monoisotopic (exact) mass is 312 g/mol. The number of sulfonamides is 1. The van der Waals surface area contributed by atoms with E-state index in [-0.39, 0.29) is 11.1 Å². The first-order valence-electron chi connectivity index (χ1n) is 7.90. The molecule has 1 unspecified atom stereocenters. The van der Waals surface area contributed by atoms with Crippen molar-refractivity contribution >= 4 is 10.0 Å². The maximum Gasteiger partial charge on any atom is 0.260 e. The van der Waals surface area contributed by atoms with Gasteiger partial charge in [0.05, 0.1) is 12.5 Å². The van der Waals surface area contributed by atoms with Gasteiger partial charge in [-0.3, -0.25) is 0 Å². The maximum atomic E-state index is 12.9. The first-order valence-corrected chi connectivity index (χ1v) is 9.34. The van der Waals surface area contributed by atoms with E-state index in [9.17, 15) is 8.42 Å². The summed E-state index contributed by atoms with van der Waals surface area (Å²) in [5.74, 6) is 0.474. The molecule has 2 aliphatic heterocycles. The minimum atomic E-state index is -3.45. The summed E-state index contributed by atoms with van der Waals surface area (Å²) in [6, 6.07) is 0.142. The Balaban J connectivity index is 1.88. The van der Waals surface area contributed by atoms with E-state index in [0.717, 1.165) is 51.6 Å². The first-order chi connectivity index (χ1) is 10.2. The Hall–Kier alpha value is -0.920. The highest BCUT2D eigenvalue weighted by Crippen LogP contribution is 2.31. The fourth-order valence-corrected chi connectivity index (χ4v) is 5.27. The zero-order valence-corrected chi connectivity index (χ0v) is 13.1. The molecule has 2 fully saturated rings. The summed E-state index contributed by atoms with van der Waals surface area (Å²) in [4.78, 5) is 6.64. The summed E-state index contributed by atoms with van der Waals surface area (Å²) < 4.78 is 27.5. The smallest absolute Gasteiger partial charge is 0.260 e. The van der Waals surface area contributed by atoms with Crippen molar-refractivity contribution in [3.63, 3.8) is 0 Å². The Morgan fingerprint density at radius 2 is 1.95 bits per heavy atom. The summed E-state index contributed by atoms with van der Waals surface area (Å²) in [6.07, 6.45) is 9.18. The molecular formula is C14H24N4O2S. The third-order valence-corrected chi connectivity index (χ3v) is 6.59. The fraction of sp³-hybridized carbons (Fsp3) is 0.786. The zero-order valence-electron chi connectivity index (χ0n) is 12.3. The molecule has 6 nitrogen and oxygen atoms in total. The van der Waals surface area contributed by atoms with E-state index in [1.807, 2.05) is 0 Å². The van der Waals surface area contributed by atoms with Crippen LogP contribution < -0.4 is 5.32 Å². The number of piperidine rings is 1. The Morgan fingerprint density at radius 3 is 2.67 bits per heavy atom. The number of hydrogen-bond acceptors (Lipinski definition) is 4. The molecule has 0 saturated carbocycles. The average molecular weight is 312 g/mol. The van der Waals surface area contributed by atoms with Crippen LogP contribution in [-0.2, 0) is 10.0 Å². The number of hydrogen-bond donors (Lipinski definition) is 2. The molecule has 7 heteroatoms. The molecule has 118 valence electrons. The molecule has 2 N–H and O–H groups in total. The van der Waals surface area contributed by atoms with E-state index in [1.165, 1.54) is 12.5 Å². The third kappa shape index (κ3) is 3.14. The number of nitrogens with one attached hydrogen (secondary N) is 2. The number of imidazole rings is 1. The Labute approximate surface area is 126 Å². The number of nitrogens with zero attached hydrogens (tertiary/aromatic N) is 2. The van der Waals surface area contributed by atoms with E-state index in [4.69, 9.17) is 0 Å². The number of aromatic amines is 1. The van der Waals surface area contributed by atoms with Crippen LogP contribution in [0.4, 0.5) is 0 Å². The molecule has 0 bridgehead atoms. The first kappa shape index (κ1) is 15.0. The molecular weight excluding hydrogens is 288 g/mol. The van der Waals surface area contributed by atoms with Gasteiger partial charge in [0.2, 0.25) is 0 Å². The van der Waals surface area contributed by atoms with Crippen molar-refractivity contribution < 1.29 is 8.42 Å². The average Bonchev–Trinajstić information content (AvgIpc) is 2.93. The molecule has 3 rings (SSSR count). The van der Waals surface area contributed by atoms with Crippen molar-refractivity contribution in [2.45, 2.75) is 49.6 Å². The standard InChI is InChI=1S/C14H24N4O2S/c19-21(20,14-10-16-11-17-14)18-9-3-1-2-4-13(18)12-5-7-15-8-6-12/h10-13,15H,1-9H2,(H,16,17). The van der Waals surface area contributed by atoms with E-state index < -0.39 is 10.0 Å². The molecule has 2 aliphatic rings. The zero-order chi connectivity index (χ0) is 14.7. The molecule has 0 aliphatic carbocycles. The highest BCUT2D eigenvalue weighted by Gasteiger charge is 2.37. The number of rotatable bonds is 3. The lowest BCUT2D eigenvalue weighted by Gasteiger charge is -2.36. The lowest BCUT2D eigenvalue weighted by atomic mass is 9.88. The van der Waals surface area contributed by atoms with Crippen LogP contribution >= 0.6 is 0 Å². The van der Waals surface area contributed by atoms with Crippen molar-refractivity contribution in [3.05, 3.63) is 12.5 Å². The van der Waals surface area contributed by atoms with Gasteiger partial charge in [0.15, 0.2) is 5.03 Å². The summed E-state index contributed by atoms with van der Waals surface area (Å²) in [6.45, 7) is 2.63. The van der Waals surface area contributed by atoms with Crippen LogP contribution in [0.25, 0.3) is 0 Å². The van der Waals surface area contributed by atoms with Crippen molar-refractivity contribution in [3.8, 4) is 0 Å². The van der Waals surface area contributed by atoms with Gasteiger partial charge in [-0.05, 0) is 44.7 Å². The van der Waals surface area contributed by atoms with Crippen LogP contribution in [-0.4, -0.2) is 48.4 Å². The Morgan fingerprint density at radius 1 is 1.14 bits per heavy atom. The second-order valence-corrected chi connectivity index (χ2v) is 7.89. The molecule has 0 spiro atoms. The maximum absolute atomic E-state index is 12.9. The van der Waals surface area contributed by atoms with Crippen molar-refractivity contribution in [2.75, 3.05) is 19.6 Å². The number of H-pyrrole nitrogens is 1. The second kappa shape index (κ2) is 6.46. The topological polar surface area (TPSA) is 78.1 Å². The molecule has 1 aromatic rings. The van der Waals surface area contributed by atoms with Crippen molar-refractivity contribution in [2.24, 2.45) is 5.92 Å². The highest BCUT2D eigenvalue weighted by molar-refractivity contribution is 7.89. The Kier molecular flexibility index (Phi) is 4.61. The highest BCUT2D eigenvalue weighted by atomic mass is 32.2. The van der Waals surface area contributed by atoms with Gasteiger partial charge in [-0.25, -0.2) is 13.4 Å². The van der Waals surface area contributed by atoms with Gasteiger partial charge in [0.1, 0.15) is 0 Å². The predicted octanol–water partition coefficient (Wildman–Crippen LogP) is 1.34. The number of aromatic nitrogens is 2. The fourth-order valence-electron chi connectivity index (χ4n) is 3.62. The van der Waals surface area contributed by atoms with Gasteiger partial charge in [0.25, 0.3) is 10.0 Å². The minimum Gasteiger partial charge on any atom is -0.335 e. The van der Waals surface area contributed by atoms with Gasteiger partial charge >= 0.3 is 0 Å². The minimum absolute atomic E-state index is 0.142. The van der Waals surface area contributed by atoms with Gasteiger partial charge in [-0.1, -0.05) is 12.8 Å². The molecule has 0 radical (unpaired) electrons. The van der Waals surface area contributed by atoms with Crippen molar-refractivity contribution in [1.82, 2.24) is 19.6 Å². The summed E-state index contributed by atoms with van der Waals surface area (Å²) in [5.41, 5.74) is 0. The van der Waals surface area contributed by atoms with E-state index >= 15 is 0 Å². The third-order valence-electron chi connectivity index (χ3n) is 4.74. The van der Waals surface area contributed by atoms with Gasteiger partial charge < -0.3 is 10.3 Å². The molecule has 1 atom stereocenters. The molecule has 2 saturated heterocycles. The van der Waals surface area contributed by atoms with Crippen LogP contribution in [0.1, 0.15) is 38.5 Å². The molecule has 0 aromatic carbocycles. The summed E-state index contributed by atoms with van der Waals surface area (Å²) >= 11 is 0. The largest absolute Gasteiger partial charge is 0.335 e. The molecule has 3 heterocycles. The van der Waals surface area contributed by atoms with E-state index in [0.29, 0.717) is 12.5 Å². The van der Waals surface area contributed by atoms with Gasteiger partial charge in [-0.15, -0.1) is 0 Å². The van der Waals surface area contributed by atoms with E-state index in [1.54, 1.807) is 4.31 Å². The summed E-state index contributed by atoms with van der Waals surface area (Å²) in [7, 11) is -3.45. The van der Waals surface area contributed by atoms with Crippen LogP contribution in [0, 0.1) is 5.92 Å². The lowest BCUT2D eigenvalue weighted by Crippen LogP contribution is -2.47. The van der Waals surface area contributed by atoms with Gasteiger partial charge in [0, 0.05) is 12.6 Å².